The Hall–Kier alpha value is -1.23. The molecule has 4 nitrogen and oxygen atoms in total. The van der Waals surface area contributed by atoms with Crippen molar-refractivity contribution in [3.63, 3.8) is 0 Å². The number of nitro groups is 1. The van der Waals surface area contributed by atoms with Gasteiger partial charge in [-0.1, -0.05) is 12.1 Å². The van der Waals surface area contributed by atoms with E-state index >= 15 is 0 Å². The van der Waals surface area contributed by atoms with Crippen molar-refractivity contribution in [3.8, 4) is 0 Å². The van der Waals surface area contributed by atoms with Crippen LogP contribution in [0.2, 0.25) is 0 Å². The molecule has 0 aliphatic carbocycles. The standard InChI is InChI=1S/C12H16N2O2S/c15-14(16)12-6-2-1-5-11(12)13-8-10-4-3-7-17-9-10/h1-2,5-6,10,13H,3-4,7-9H2. The molecule has 0 bridgehead atoms. The molecular weight excluding hydrogens is 236 g/mol. The van der Waals surface area contributed by atoms with Gasteiger partial charge >= 0.3 is 0 Å². The third-order valence-corrected chi connectivity index (χ3v) is 4.22. The molecule has 1 aromatic rings. The van der Waals surface area contributed by atoms with Crippen LogP contribution >= 0.6 is 11.8 Å². The summed E-state index contributed by atoms with van der Waals surface area (Å²) in [6, 6.07) is 6.83. The molecule has 1 aliphatic rings. The van der Waals surface area contributed by atoms with Crippen LogP contribution in [0.1, 0.15) is 12.8 Å². The minimum atomic E-state index is -0.335. The summed E-state index contributed by atoms with van der Waals surface area (Å²) in [5, 5.41) is 14.0. The smallest absolute Gasteiger partial charge is 0.292 e. The average molecular weight is 252 g/mol. The van der Waals surface area contributed by atoms with Gasteiger partial charge in [0.05, 0.1) is 4.92 Å². The van der Waals surface area contributed by atoms with Crippen LogP contribution in [0, 0.1) is 16.0 Å². The van der Waals surface area contributed by atoms with E-state index in [2.05, 4.69) is 5.32 Å². The first-order valence-corrected chi connectivity index (χ1v) is 6.98. The lowest BCUT2D eigenvalue weighted by Crippen LogP contribution is -2.20. The molecule has 0 amide bonds. The fourth-order valence-electron chi connectivity index (χ4n) is 2.01. The molecule has 17 heavy (non-hydrogen) atoms. The molecule has 1 fully saturated rings. The molecule has 5 heteroatoms. The third kappa shape index (κ3) is 3.36. The number of benzene rings is 1. The quantitative estimate of drug-likeness (QED) is 0.660. The zero-order chi connectivity index (χ0) is 12.1. The van der Waals surface area contributed by atoms with Gasteiger partial charge in [0.15, 0.2) is 0 Å². The van der Waals surface area contributed by atoms with Crippen molar-refractivity contribution in [2.75, 3.05) is 23.4 Å². The largest absolute Gasteiger partial charge is 0.379 e. The van der Waals surface area contributed by atoms with E-state index in [9.17, 15) is 10.1 Å². The number of hydrogen-bond acceptors (Lipinski definition) is 4. The zero-order valence-electron chi connectivity index (χ0n) is 9.59. The molecule has 1 atom stereocenters. The lowest BCUT2D eigenvalue weighted by molar-refractivity contribution is -0.384. The molecule has 1 heterocycles. The molecule has 0 radical (unpaired) electrons. The minimum absolute atomic E-state index is 0.163. The van der Waals surface area contributed by atoms with Gasteiger partial charge in [-0.2, -0.15) is 11.8 Å². The van der Waals surface area contributed by atoms with E-state index in [0.29, 0.717) is 11.6 Å². The summed E-state index contributed by atoms with van der Waals surface area (Å²) < 4.78 is 0. The molecule has 0 saturated carbocycles. The normalized spacial score (nSPS) is 19.9. The molecule has 1 aromatic carbocycles. The van der Waals surface area contributed by atoms with Gasteiger partial charge in [-0.05, 0) is 36.3 Å². The number of nitrogens with zero attached hydrogens (tertiary/aromatic N) is 1. The molecule has 92 valence electrons. The molecule has 1 aliphatic heterocycles. The van der Waals surface area contributed by atoms with Crippen molar-refractivity contribution in [2.24, 2.45) is 5.92 Å². The Morgan fingerprint density at radius 1 is 1.47 bits per heavy atom. The van der Waals surface area contributed by atoms with Gasteiger partial charge in [0.2, 0.25) is 0 Å². The Kier molecular flexibility index (Phi) is 4.25. The first-order valence-electron chi connectivity index (χ1n) is 5.82. The second kappa shape index (κ2) is 5.91. The summed E-state index contributed by atoms with van der Waals surface area (Å²) in [5.41, 5.74) is 0.795. The van der Waals surface area contributed by atoms with Crippen LogP contribution in [0.3, 0.4) is 0 Å². The van der Waals surface area contributed by atoms with Crippen molar-refractivity contribution in [2.45, 2.75) is 12.8 Å². The Bertz CT molecular complexity index is 392. The Balaban J connectivity index is 1.96. The summed E-state index contributed by atoms with van der Waals surface area (Å²) >= 11 is 1.97. The highest BCUT2D eigenvalue weighted by molar-refractivity contribution is 7.99. The first kappa shape index (κ1) is 12.2. The van der Waals surface area contributed by atoms with Crippen LogP contribution in [0.5, 0.6) is 0 Å². The maximum absolute atomic E-state index is 10.8. The van der Waals surface area contributed by atoms with Crippen LogP contribution in [0.4, 0.5) is 11.4 Å². The fourth-order valence-corrected chi connectivity index (χ4v) is 3.16. The second-order valence-electron chi connectivity index (χ2n) is 4.24. The van der Waals surface area contributed by atoms with Gasteiger partial charge in [0.25, 0.3) is 5.69 Å². The van der Waals surface area contributed by atoms with Gasteiger partial charge in [-0.25, -0.2) is 0 Å². The molecule has 0 aromatic heterocycles. The summed E-state index contributed by atoms with van der Waals surface area (Å²) in [6.07, 6.45) is 2.48. The molecule has 0 spiro atoms. The molecule has 1 unspecified atom stereocenters. The Morgan fingerprint density at radius 2 is 2.29 bits per heavy atom. The van der Waals surface area contributed by atoms with Gasteiger partial charge < -0.3 is 5.32 Å². The van der Waals surface area contributed by atoms with Gasteiger partial charge in [-0.15, -0.1) is 0 Å². The monoisotopic (exact) mass is 252 g/mol. The number of nitrogens with one attached hydrogen (secondary N) is 1. The van der Waals surface area contributed by atoms with Crippen molar-refractivity contribution >= 4 is 23.1 Å². The maximum Gasteiger partial charge on any atom is 0.292 e. The van der Waals surface area contributed by atoms with Crippen molar-refractivity contribution < 1.29 is 4.92 Å². The lowest BCUT2D eigenvalue weighted by atomic mass is 10.1. The highest BCUT2D eigenvalue weighted by atomic mass is 32.2. The van der Waals surface area contributed by atoms with Crippen molar-refractivity contribution in [1.82, 2.24) is 0 Å². The van der Waals surface area contributed by atoms with E-state index in [4.69, 9.17) is 0 Å². The molecule has 1 N–H and O–H groups in total. The van der Waals surface area contributed by atoms with Crippen LogP contribution < -0.4 is 5.32 Å². The van der Waals surface area contributed by atoms with Crippen LogP contribution in [-0.4, -0.2) is 23.0 Å². The molecule has 1 saturated heterocycles. The molecular formula is C12H16N2O2S. The highest BCUT2D eigenvalue weighted by Gasteiger charge is 2.16. The van der Waals surface area contributed by atoms with Crippen molar-refractivity contribution in [1.29, 1.82) is 0 Å². The minimum Gasteiger partial charge on any atom is -0.379 e. The van der Waals surface area contributed by atoms with E-state index < -0.39 is 0 Å². The number of anilines is 1. The average Bonchev–Trinajstić information content (AvgIpc) is 2.38. The van der Waals surface area contributed by atoms with E-state index in [1.807, 2.05) is 17.8 Å². The second-order valence-corrected chi connectivity index (χ2v) is 5.39. The zero-order valence-corrected chi connectivity index (χ0v) is 10.4. The predicted molar refractivity (Wildman–Crippen MR) is 71.6 cm³/mol. The van der Waals surface area contributed by atoms with Crippen LogP contribution in [-0.2, 0) is 0 Å². The van der Waals surface area contributed by atoms with Crippen LogP contribution in [0.25, 0.3) is 0 Å². The van der Waals surface area contributed by atoms with Crippen molar-refractivity contribution in [3.05, 3.63) is 34.4 Å². The highest BCUT2D eigenvalue weighted by Crippen LogP contribution is 2.26. The summed E-state index contributed by atoms with van der Waals surface area (Å²) in [6.45, 7) is 0.831. The third-order valence-electron chi connectivity index (χ3n) is 2.94. The number of para-hydroxylation sites is 2. The van der Waals surface area contributed by atoms with Gasteiger partial charge in [0, 0.05) is 12.6 Å². The first-order chi connectivity index (χ1) is 8.27. The fraction of sp³-hybridized carbons (Fsp3) is 0.500. The summed E-state index contributed by atoms with van der Waals surface area (Å²) in [5.74, 6) is 3.05. The maximum atomic E-state index is 10.8. The molecule has 2 rings (SSSR count). The Morgan fingerprint density at radius 3 is 3.00 bits per heavy atom. The SMILES string of the molecule is O=[N+]([O-])c1ccccc1NCC1CCCSC1. The summed E-state index contributed by atoms with van der Waals surface area (Å²) in [4.78, 5) is 10.5. The predicted octanol–water partition coefficient (Wildman–Crippen LogP) is 3.15. The van der Waals surface area contributed by atoms with E-state index in [1.54, 1.807) is 12.1 Å². The number of thioether (sulfide) groups is 1. The summed E-state index contributed by atoms with van der Waals surface area (Å²) in [7, 11) is 0. The number of nitro benzene ring substituents is 1. The van der Waals surface area contributed by atoms with Gasteiger partial charge in [-0.3, -0.25) is 10.1 Å². The van der Waals surface area contributed by atoms with Crippen LogP contribution in [0.15, 0.2) is 24.3 Å². The lowest BCUT2D eigenvalue weighted by Gasteiger charge is -2.21. The van der Waals surface area contributed by atoms with E-state index in [0.717, 1.165) is 12.3 Å². The van der Waals surface area contributed by atoms with E-state index in [1.165, 1.54) is 24.7 Å². The van der Waals surface area contributed by atoms with E-state index in [-0.39, 0.29) is 10.6 Å². The number of rotatable bonds is 4. The topological polar surface area (TPSA) is 55.2 Å². The van der Waals surface area contributed by atoms with Gasteiger partial charge in [0.1, 0.15) is 5.69 Å². The number of hydrogen-bond donors (Lipinski definition) is 1. The Labute approximate surface area is 105 Å².